The van der Waals surface area contributed by atoms with Crippen LogP contribution >= 0.6 is 11.6 Å². The van der Waals surface area contributed by atoms with Gasteiger partial charge in [-0.25, -0.2) is 0 Å². The van der Waals surface area contributed by atoms with Crippen LogP contribution in [-0.4, -0.2) is 6.04 Å². The lowest BCUT2D eigenvalue weighted by molar-refractivity contribution is 0.738. The lowest BCUT2D eigenvalue weighted by atomic mass is 10.1. The Labute approximate surface area is 72.2 Å². The van der Waals surface area contributed by atoms with E-state index in [0.29, 0.717) is 0 Å². The van der Waals surface area contributed by atoms with E-state index in [1.807, 2.05) is 31.2 Å². The van der Waals surface area contributed by atoms with Crippen LogP contribution < -0.4 is 5.73 Å². The van der Waals surface area contributed by atoms with Crippen LogP contribution in [0.15, 0.2) is 24.3 Å². The number of hydrogen-bond acceptors (Lipinski definition) is 1. The summed E-state index contributed by atoms with van der Waals surface area (Å²) in [6.45, 7) is 1.98. The Morgan fingerprint density at radius 3 is 2.64 bits per heavy atom. The van der Waals surface area contributed by atoms with Crippen molar-refractivity contribution < 1.29 is 0 Å². The Morgan fingerprint density at radius 1 is 1.45 bits per heavy atom. The third-order valence-corrected chi connectivity index (χ3v) is 1.87. The van der Waals surface area contributed by atoms with Crippen molar-refractivity contribution in [3.63, 3.8) is 0 Å². The van der Waals surface area contributed by atoms with E-state index >= 15 is 0 Å². The van der Waals surface area contributed by atoms with E-state index in [9.17, 15) is 0 Å². The van der Waals surface area contributed by atoms with Crippen molar-refractivity contribution in [1.82, 2.24) is 0 Å². The van der Waals surface area contributed by atoms with Crippen LogP contribution in [-0.2, 0) is 6.42 Å². The molecule has 1 aromatic rings. The minimum atomic E-state index is 0.176. The van der Waals surface area contributed by atoms with E-state index in [-0.39, 0.29) is 6.04 Å². The molecule has 1 nitrogen and oxygen atoms in total. The zero-order chi connectivity index (χ0) is 8.27. The number of nitrogens with two attached hydrogens (primary N) is 1. The first-order chi connectivity index (χ1) is 5.20. The maximum absolute atomic E-state index is 5.91. The standard InChI is InChI=1S/C9H12ClN/c1-7(11)6-8-4-2-3-5-9(8)10/h2-5,7H,6,11H2,1H3/t7-/m0/s1. The van der Waals surface area contributed by atoms with Gasteiger partial charge < -0.3 is 5.73 Å². The molecule has 0 unspecified atom stereocenters. The fraction of sp³-hybridized carbons (Fsp3) is 0.333. The van der Waals surface area contributed by atoms with Crippen molar-refractivity contribution in [3.8, 4) is 0 Å². The molecule has 11 heavy (non-hydrogen) atoms. The van der Waals surface area contributed by atoms with Gasteiger partial charge in [0.1, 0.15) is 0 Å². The Balaban J connectivity index is 2.78. The van der Waals surface area contributed by atoms with Crippen LogP contribution in [0.5, 0.6) is 0 Å². The van der Waals surface area contributed by atoms with Crippen molar-refractivity contribution in [3.05, 3.63) is 34.9 Å². The van der Waals surface area contributed by atoms with Gasteiger partial charge >= 0.3 is 0 Å². The summed E-state index contributed by atoms with van der Waals surface area (Å²) >= 11 is 5.91. The first kappa shape index (κ1) is 8.57. The van der Waals surface area contributed by atoms with Gasteiger partial charge in [-0.05, 0) is 25.0 Å². The topological polar surface area (TPSA) is 26.0 Å². The molecular formula is C9H12ClN. The van der Waals surface area contributed by atoms with E-state index in [1.165, 1.54) is 0 Å². The van der Waals surface area contributed by atoms with Crippen molar-refractivity contribution in [2.75, 3.05) is 0 Å². The monoisotopic (exact) mass is 169 g/mol. The highest BCUT2D eigenvalue weighted by Crippen LogP contribution is 2.15. The maximum Gasteiger partial charge on any atom is 0.0438 e. The predicted octanol–water partition coefficient (Wildman–Crippen LogP) is 2.23. The van der Waals surface area contributed by atoms with E-state index < -0.39 is 0 Å². The van der Waals surface area contributed by atoms with Crippen molar-refractivity contribution in [2.45, 2.75) is 19.4 Å². The SMILES string of the molecule is C[C@H](N)Cc1ccccc1Cl. The summed E-state index contributed by atoms with van der Waals surface area (Å²) in [6, 6.07) is 7.97. The second-order valence-corrected chi connectivity index (χ2v) is 3.18. The molecule has 1 aromatic carbocycles. The molecule has 0 heterocycles. The molecule has 0 fully saturated rings. The summed E-state index contributed by atoms with van der Waals surface area (Å²) in [7, 11) is 0. The molecule has 0 aliphatic carbocycles. The molecule has 0 radical (unpaired) electrons. The van der Waals surface area contributed by atoms with Crippen LogP contribution in [0.25, 0.3) is 0 Å². The van der Waals surface area contributed by atoms with Gasteiger partial charge in [-0.1, -0.05) is 29.8 Å². The molecule has 0 bridgehead atoms. The smallest absolute Gasteiger partial charge is 0.0438 e. The number of rotatable bonds is 2. The molecule has 0 saturated carbocycles. The lowest BCUT2D eigenvalue weighted by Gasteiger charge is -2.05. The summed E-state index contributed by atoms with van der Waals surface area (Å²) in [6.07, 6.45) is 0.847. The van der Waals surface area contributed by atoms with Crippen molar-refractivity contribution in [2.24, 2.45) is 5.73 Å². The van der Waals surface area contributed by atoms with Crippen LogP contribution in [0.4, 0.5) is 0 Å². The molecule has 2 N–H and O–H groups in total. The zero-order valence-corrected chi connectivity index (χ0v) is 7.31. The molecule has 0 aromatic heterocycles. The fourth-order valence-electron chi connectivity index (χ4n) is 1.01. The third kappa shape index (κ3) is 2.52. The molecule has 0 aliphatic heterocycles. The maximum atomic E-state index is 5.91. The summed E-state index contributed by atoms with van der Waals surface area (Å²) in [5.41, 5.74) is 6.76. The number of benzene rings is 1. The minimum absolute atomic E-state index is 0.176. The highest BCUT2D eigenvalue weighted by atomic mass is 35.5. The first-order valence-corrected chi connectivity index (χ1v) is 4.07. The highest BCUT2D eigenvalue weighted by molar-refractivity contribution is 6.31. The Morgan fingerprint density at radius 2 is 2.09 bits per heavy atom. The fourth-order valence-corrected chi connectivity index (χ4v) is 1.22. The van der Waals surface area contributed by atoms with E-state index in [0.717, 1.165) is 17.0 Å². The number of hydrogen-bond donors (Lipinski definition) is 1. The molecule has 0 spiro atoms. The van der Waals surface area contributed by atoms with Gasteiger partial charge in [0.15, 0.2) is 0 Å². The summed E-state index contributed by atoms with van der Waals surface area (Å²) < 4.78 is 0. The lowest BCUT2D eigenvalue weighted by Crippen LogP contribution is -2.17. The summed E-state index contributed by atoms with van der Waals surface area (Å²) in [5.74, 6) is 0. The van der Waals surface area contributed by atoms with E-state index in [4.69, 9.17) is 17.3 Å². The average molecular weight is 170 g/mol. The molecule has 1 atom stereocenters. The van der Waals surface area contributed by atoms with Gasteiger partial charge in [-0.3, -0.25) is 0 Å². The summed E-state index contributed by atoms with van der Waals surface area (Å²) in [4.78, 5) is 0. The van der Waals surface area contributed by atoms with E-state index in [2.05, 4.69) is 0 Å². The third-order valence-electron chi connectivity index (χ3n) is 1.50. The Kier molecular flexibility index (Phi) is 2.92. The van der Waals surface area contributed by atoms with Gasteiger partial charge in [-0.2, -0.15) is 0 Å². The van der Waals surface area contributed by atoms with Gasteiger partial charge in [-0.15, -0.1) is 0 Å². The Hall–Kier alpha value is -0.530. The van der Waals surface area contributed by atoms with E-state index in [1.54, 1.807) is 0 Å². The van der Waals surface area contributed by atoms with Crippen LogP contribution in [0.1, 0.15) is 12.5 Å². The number of halogens is 1. The van der Waals surface area contributed by atoms with Gasteiger partial charge in [0, 0.05) is 11.1 Å². The van der Waals surface area contributed by atoms with Crippen LogP contribution in [0.2, 0.25) is 5.02 Å². The second-order valence-electron chi connectivity index (χ2n) is 2.77. The van der Waals surface area contributed by atoms with Crippen molar-refractivity contribution in [1.29, 1.82) is 0 Å². The normalized spacial score (nSPS) is 13.0. The zero-order valence-electron chi connectivity index (χ0n) is 6.55. The van der Waals surface area contributed by atoms with Gasteiger partial charge in [0.05, 0.1) is 0 Å². The molecule has 0 aliphatic rings. The molecule has 60 valence electrons. The highest BCUT2D eigenvalue weighted by Gasteiger charge is 2.00. The van der Waals surface area contributed by atoms with Gasteiger partial charge in [0.25, 0.3) is 0 Å². The molecule has 1 rings (SSSR count). The second kappa shape index (κ2) is 3.74. The molecule has 0 amide bonds. The Bertz CT molecular complexity index is 233. The average Bonchev–Trinajstić information content (AvgIpc) is 1.93. The molecular weight excluding hydrogens is 158 g/mol. The van der Waals surface area contributed by atoms with Gasteiger partial charge in [0.2, 0.25) is 0 Å². The minimum Gasteiger partial charge on any atom is -0.328 e. The van der Waals surface area contributed by atoms with Crippen LogP contribution in [0, 0.1) is 0 Å². The summed E-state index contributed by atoms with van der Waals surface area (Å²) in [5, 5.41) is 0.810. The predicted molar refractivity (Wildman–Crippen MR) is 48.8 cm³/mol. The largest absolute Gasteiger partial charge is 0.328 e. The molecule has 0 saturated heterocycles. The van der Waals surface area contributed by atoms with Crippen LogP contribution in [0.3, 0.4) is 0 Å². The van der Waals surface area contributed by atoms with Crippen molar-refractivity contribution >= 4 is 11.6 Å². The quantitative estimate of drug-likeness (QED) is 0.722. The first-order valence-electron chi connectivity index (χ1n) is 3.69. The molecule has 2 heteroatoms.